The van der Waals surface area contributed by atoms with E-state index in [-0.39, 0.29) is 6.10 Å². The van der Waals surface area contributed by atoms with E-state index in [1.807, 2.05) is 13.0 Å². The fourth-order valence-electron chi connectivity index (χ4n) is 2.79. The number of nitrogens with one attached hydrogen (secondary N) is 1. The summed E-state index contributed by atoms with van der Waals surface area (Å²) in [5.74, 6) is 1.13. The lowest BCUT2D eigenvalue weighted by molar-refractivity contribution is -0.159. The summed E-state index contributed by atoms with van der Waals surface area (Å²) in [5.41, 5.74) is 1.37. The molecule has 0 amide bonds. The van der Waals surface area contributed by atoms with Crippen LogP contribution in [0, 0.1) is 6.92 Å². The average Bonchev–Trinajstić information content (AvgIpc) is 2.64. The van der Waals surface area contributed by atoms with Gasteiger partial charge in [-0.2, -0.15) is 0 Å². The van der Waals surface area contributed by atoms with Crippen LogP contribution in [0.2, 0.25) is 0 Å². The van der Waals surface area contributed by atoms with Crippen molar-refractivity contribution in [2.45, 2.75) is 52.2 Å². The van der Waals surface area contributed by atoms with Crippen LogP contribution in [0.5, 0.6) is 5.88 Å². The van der Waals surface area contributed by atoms with Crippen LogP contribution >= 0.6 is 0 Å². The number of hydrogen-bond donors (Lipinski definition) is 1. The largest absolute Gasteiger partial charge is 0.528 e. The summed E-state index contributed by atoms with van der Waals surface area (Å²) in [5, 5.41) is 4.83. The van der Waals surface area contributed by atoms with Crippen LogP contribution in [-0.4, -0.2) is 51.0 Å². The minimum absolute atomic E-state index is 0.0173. The Kier molecular flexibility index (Phi) is 6.48. The zero-order valence-corrected chi connectivity index (χ0v) is 17.2. The van der Waals surface area contributed by atoms with Crippen molar-refractivity contribution in [2.24, 2.45) is 0 Å². The third-order valence-corrected chi connectivity index (χ3v) is 4.23. The smallest absolute Gasteiger partial charge is 0.474 e. The lowest BCUT2D eigenvalue weighted by Crippen LogP contribution is -2.40. The molecule has 29 heavy (non-hydrogen) atoms. The number of pyridine rings is 1. The molecule has 2 aromatic heterocycles. The molecule has 0 saturated carbocycles. The second-order valence-corrected chi connectivity index (χ2v) is 7.86. The molecule has 0 aliphatic carbocycles. The molecule has 0 bridgehead atoms. The summed E-state index contributed by atoms with van der Waals surface area (Å²) in [6, 6.07) is 3.68. The van der Waals surface area contributed by atoms with Crippen LogP contribution < -0.4 is 10.1 Å². The SMILES string of the molecule is Cc1ccncc1Nc1cc(OC2CCN(OC(=O)OC(C)(C)C)CC2)ncn1. The van der Waals surface area contributed by atoms with E-state index in [4.69, 9.17) is 14.3 Å². The minimum Gasteiger partial charge on any atom is -0.474 e. The quantitative estimate of drug-likeness (QED) is 0.753. The number of aryl methyl sites for hydroxylation is 1. The minimum atomic E-state index is -0.686. The highest BCUT2D eigenvalue weighted by Crippen LogP contribution is 2.22. The molecule has 1 N–H and O–H groups in total. The van der Waals surface area contributed by atoms with Gasteiger partial charge in [-0.05, 0) is 39.3 Å². The topological polar surface area (TPSA) is 98.7 Å². The van der Waals surface area contributed by atoms with Crippen LogP contribution in [-0.2, 0) is 9.57 Å². The van der Waals surface area contributed by atoms with Crippen molar-refractivity contribution in [1.82, 2.24) is 20.0 Å². The molecule has 9 nitrogen and oxygen atoms in total. The highest BCUT2D eigenvalue weighted by molar-refractivity contribution is 5.60. The Morgan fingerprint density at radius 2 is 2.00 bits per heavy atom. The van der Waals surface area contributed by atoms with Gasteiger partial charge in [-0.1, -0.05) is 0 Å². The van der Waals surface area contributed by atoms with Gasteiger partial charge < -0.3 is 19.6 Å². The Morgan fingerprint density at radius 1 is 1.24 bits per heavy atom. The molecule has 3 heterocycles. The maximum atomic E-state index is 11.8. The molecule has 156 valence electrons. The molecule has 1 fully saturated rings. The van der Waals surface area contributed by atoms with Crippen molar-refractivity contribution in [3.05, 3.63) is 36.4 Å². The third-order valence-electron chi connectivity index (χ3n) is 4.23. The normalized spacial score (nSPS) is 15.6. The highest BCUT2D eigenvalue weighted by Gasteiger charge is 2.26. The second-order valence-electron chi connectivity index (χ2n) is 7.86. The number of carbonyl (C=O) groups is 1. The molecule has 0 atom stereocenters. The van der Waals surface area contributed by atoms with E-state index >= 15 is 0 Å². The second kappa shape index (κ2) is 9.04. The third kappa shape index (κ3) is 6.56. The van der Waals surface area contributed by atoms with Gasteiger partial charge in [0.15, 0.2) is 0 Å². The van der Waals surface area contributed by atoms with Gasteiger partial charge in [-0.25, -0.2) is 14.8 Å². The summed E-state index contributed by atoms with van der Waals surface area (Å²) >= 11 is 0. The average molecular weight is 401 g/mol. The highest BCUT2D eigenvalue weighted by atomic mass is 16.8. The van der Waals surface area contributed by atoms with Gasteiger partial charge in [0, 0.05) is 38.2 Å². The van der Waals surface area contributed by atoms with E-state index in [1.54, 1.807) is 44.3 Å². The summed E-state index contributed by atoms with van der Waals surface area (Å²) < 4.78 is 11.2. The van der Waals surface area contributed by atoms with Crippen LogP contribution in [0.25, 0.3) is 0 Å². The van der Waals surface area contributed by atoms with Crippen LogP contribution in [0.15, 0.2) is 30.9 Å². The Hall–Kier alpha value is -2.94. The number of carbonyl (C=O) groups excluding carboxylic acids is 1. The molecule has 3 rings (SSSR count). The van der Waals surface area contributed by atoms with Gasteiger partial charge in [0.2, 0.25) is 5.88 Å². The van der Waals surface area contributed by atoms with E-state index in [1.165, 1.54) is 6.33 Å². The molecular formula is C20H27N5O4. The molecule has 0 spiro atoms. The Bertz CT molecular complexity index is 832. The molecule has 2 aromatic rings. The lowest BCUT2D eigenvalue weighted by atomic mass is 10.1. The van der Waals surface area contributed by atoms with E-state index in [0.717, 1.165) is 11.3 Å². The van der Waals surface area contributed by atoms with Crippen molar-refractivity contribution in [2.75, 3.05) is 18.4 Å². The van der Waals surface area contributed by atoms with Crippen molar-refractivity contribution in [3.63, 3.8) is 0 Å². The van der Waals surface area contributed by atoms with Gasteiger partial charge in [0.25, 0.3) is 0 Å². The molecule has 0 unspecified atom stereocenters. The maximum Gasteiger partial charge on any atom is 0.528 e. The first-order valence-electron chi connectivity index (χ1n) is 9.61. The monoisotopic (exact) mass is 401 g/mol. The van der Waals surface area contributed by atoms with Gasteiger partial charge >= 0.3 is 6.16 Å². The van der Waals surface area contributed by atoms with E-state index in [9.17, 15) is 4.79 Å². The predicted octanol–water partition coefficient (Wildman–Crippen LogP) is 3.63. The number of aromatic nitrogens is 3. The van der Waals surface area contributed by atoms with Gasteiger partial charge in [0.05, 0.1) is 11.9 Å². The summed E-state index contributed by atoms with van der Waals surface area (Å²) in [6.07, 6.45) is 5.66. The van der Waals surface area contributed by atoms with Crippen molar-refractivity contribution in [3.8, 4) is 5.88 Å². The Labute approximate surface area is 170 Å². The fraction of sp³-hybridized carbons (Fsp3) is 0.500. The van der Waals surface area contributed by atoms with Gasteiger partial charge in [-0.3, -0.25) is 4.98 Å². The van der Waals surface area contributed by atoms with Gasteiger partial charge in [0.1, 0.15) is 23.9 Å². The van der Waals surface area contributed by atoms with Crippen LogP contribution in [0.1, 0.15) is 39.2 Å². The standard InChI is InChI=1S/C20H27N5O4/c1-14-5-8-21-12-16(14)24-17-11-18(23-13-22-17)27-15-6-9-25(10-7-15)29-19(26)28-20(2,3)4/h5,8,11-13,15H,6-7,9-10H2,1-4H3,(H,22,23,24). The van der Waals surface area contributed by atoms with Crippen molar-refractivity contribution in [1.29, 1.82) is 0 Å². The number of piperidine rings is 1. The van der Waals surface area contributed by atoms with E-state index in [0.29, 0.717) is 37.6 Å². The van der Waals surface area contributed by atoms with Crippen LogP contribution in [0.4, 0.5) is 16.3 Å². The van der Waals surface area contributed by atoms with E-state index in [2.05, 4.69) is 20.3 Å². The number of rotatable bonds is 5. The number of anilines is 2. The molecular weight excluding hydrogens is 374 g/mol. The summed E-state index contributed by atoms with van der Waals surface area (Å²) in [7, 11) is 0. The Balaban J connectivity index is 1.49. The first-order valence-corrected chi connectivity index (χ1v) is 9.61. The molecule has 9 heteroatoms. The van der Waals surface area contributed by atoms with Crippen molar-refractivity contribution >= 4 is 17.7 Å². The first-order chi connectivity index (χ1) is 13.8. The molecule has 1 aliphatic heterocycles. The fourth-order valence-corrected chi connectivity index (χ4v) is 2.79. The predicted molar refractivity (Wildman–Crippen MR) is 107 cm³/mol. The van der Waals surface area contributed by atoms with Crippen molar-refractivity contribution < 1.29 is 19.1 Å². The number of hydrogen-bond acceptors (Lipinski definition) is 9. The zero-order valence-electron chi connectivity index (χ0n) is 17.2. The van der Waals surface area contributed by atoms with Gasteiger partial charge in [-0.15, -0.1) is 5.06 Å². The van der Waals surface area contributed by atoms with Crippen LogP contribution in [0.3, 0.4) is 0 Å². The molecule has 0 radical (unpaired) electrons. The molecule has 1 aliphatic rings. The Morgan fingerprint density at radius 3 is 2.69 bits per heavy atom. The lowest BCUT2D eigenvalue weighted by Gasteiger charge is -2.30. The zero-order chi connectivity index (χ0) is 20.9. The number of nitrogens with zero attached hydrogens (tertiary/aromatic N) is 4. The molecule has 1 saturated heterocycles. The number of hydroxylamine groups is 2. The maximum absolute atomic E-state index is 11.8. The molecule has 0 aromatic carbocycles. The first kappa shape index (κ1) is 20.8. The number of ether oxygens (including phenoxy) is 2. The summed E-state index contributed by atoms with van der Waals surface area (Å²) in [6.45, 7) is 8.53. The van der Waals surface area contributed by atoms with E-state index < -0.39 is 11.8 Å². The summed E-state index contributed by atoms with van der Waals surface area (Å²) in [4.78, 5) is 29.6.